The van der Waals surface area contributed by atoms with E-state index in [1.807, 2.05) is 0 Å². The Bertz CT molecular complexity index is 912. The van der Waals surface area contributed by atoms with Crippen molar-refractivity contribution in [3.8, 4) is 11.5 Å². The van der Waals surface area contributed by atoms with Gasteiger partial charge in [-0.05, 0) is 42.0 Å². The van der Waals surface area contributed by atoms with Crippen LogP contribution in [-0.2, 0) is 9.59 Å². The summed E-state index contributed by atoms with van der Waals surface area (Å²) in [5.74, 6) is -0.907. The summed E-state index contributed by atoms with van der Waals surface area (Å²) in [6.45, 7) is 0. The number of nitrogens with one attached hydrogen (secondary N) is 1. The highest BCUT2D eigenvalue weighted by Crippen LogP contribution is 2.30. The van der Waals surface area contributed by atoms with Gasteiger partial charge >= 0.3 is 0 Å². The van der Waals surface area contributed by atoms with Crippen molar-refractivity contribution in [3.63, 3.8) is 0 Å². The summed E-state index contributed by atoms with van der Waals surface area (Å²) < 4.78 is 4.96. The minimum Gasteiger partial charge on any atom is -0.504 e. The van der Waals surface area contributed by atoms with Crippen molar-refractivity contribution in [2.24, 2.45) is 0 Å². The Hall–Kier alpha value is -2.70. The number of carbonyl (C=O) groups excluding carboxylic acids is 2. The summed E-state index contributed by atoms with van der Waals surface area (Å²) in [7, 11) is 1.43. The summed E-state index contributed by atoms with van der Waals surface area (Å²) >= 11 is 11.8. The Kier molecular flexibility index (Phi) is 4.57. The Morgan fingerprint density at radius 1 is 1.12 bits per heavy atom. The number of phenols is 1. The molecule has 0 atom stereocenters. The Balaban J connectivity index is 1.93. The van der Waals surface area contributed by atoms with Crippen molar-refractivity contribution in [1.82, 2.24) is 5.43 Å². The number of anilines is 1. The lowest BCUT2D eigenvalue weighted by atomic mass is 10.1. The van der Waals surface area contributed by atoms with Gasteiger partial charge in [0.25, 0.3) is 11.8 Å². The number of carbonyl (C=O) groups is 2. The first-order valence-electron chi connectivity index (χ1n) is 7.10. The van der Waals surface area contributed by atoms with Crippen LogP contribution in [0.15, 0.2) is 42.0 Å². The van der Waals surface area contributed by atoms with Gasteiger partial charge in [-0.25, -0.2) is 5.01 Å². The molecule has 8 heteroatoms. The molecule has 1 saturated heterocycles. The van der Waals surface area contributed by atoms with Crippen LogP contribution in [0.2, 0.25) is 10.0 Å². The third-order valence-electron chi connectivity index (χ3n) is 3.57. The standard InChI is InChI=1S/C17H12Cl2N2O4/c1-25-15-5-2-9(7-14(15)22)6-11-16(23)20-21(17(11)24)10-3-4-12(18)13(19)8-10/h2-8,22H,1H3,(H,20,23)/b11-6+. The largest absolute Gasteiger partial charge is 0.504 e. The molecule has 0 radical (unpaired) electrons. The van der Waals surface area contributed by atoms with Crippen molar-refractivity contribution in [2.45, 2.75) is 0 Å². The van der Waals surface area contributed by atoms with E-state index in [1.165, 1.54) is 37.5 Å². The van der Waals surface area contributed by atoms with Crippen molar-refractivity contribution >= 4 is 46.8 Å². The van der Waals surface area contributed by atoms with Gasteiger partial charge in [-0.1, -0.05) is 29.3 Å². The maximum atomic E-state index is 12.5. The molecule has 0 spiro atoms. The zero-order valence-corrected chi connectivity index (χ0v) is 14.4. The average molecular weight is 379 g/mol. The Morgan fingerprint density at radius 3 is 2.52 bits per heavy atom. The molecule has 2 aromatic rings. The molecule has 1 heterocycles. The van der Waals surface area contributed by atoms with Gasteiger partial charge < -0.3 is 9.84 Å². The minimum atomic E-state index is -0.564. The molecule has 25 heavy (non-hydrogen) atoms. The van der Waals surface area contributed by atoms with Crippen molar-refractivity contribution in [3.05, 3.63) is 57.6 Å². The monoisotopic (exact) mass is 378 g/mol. The topological polar surface area (TPSA) is 78.9 Å². The van der Waals surface area contributed by atoms with Crippen LogP contribution in [0, 0.1) is 0 Å². The summed E-state index contributed by atoms with van der Waals surface area (Å²) in [4.78, 5) is 24.7. The van der Waals surface area contributed by atoms with E-state index < -0.39 is 11.8 Å². The van der Waals surface area contributed by atoms with Crippen LogP contribution in [0.25, 0.3) is 6.08 Å². The molecule has 2 aromatic carbocycles. The van der Waals surface area contributed by atoms with E-state index in [4.69, 9.17) is 27.9 Å². The maximum Gasteiger partial charge on any atom is 0.282 e. The molecule has 0 saturated carbocycles. The van der Waals surface area contributed by atoms with E-state index in [9.17, 15) is 14.7 Å². The van der Waals surface area contributed by atoms with Gasteiger partial charge in [-0.2, -0.15) is 0 Å². The number of rotatable bonds is 3. The van der Waals surface area contributed by atoms with Gasteiger partial charge in [0.05, 0.1) is 22.8 Å². The third kappa shape index (κ3) is 3.26. The van der Waals surface area contributed by atoms with Crippen LogP contribution in [0.1, 0.15) is 5.56 Å². The first kappa shape index (κ1) is 17.1. The normalized spacial score (nSPS) is 15.6. The molecule has 2 N–H and O–H groups in total. The van der Waals surface area contributed by atoms with E-state index in [-0.39, 0.29) is 16.3 Å². The zero-order chi connectivity index (χ0) is 18.1. The molecule has 0 aromatic heterocycles. The molecular formula is C17H12Cl2N2O4. The number of ether oxygens (including phenoxy) is 1. The highest BCUT2D eigenvalue weighted by atomic mass is 35.5. The number of halogens is 2. The van der Waals surface area contributed by atoms with Crippen molar-refractivity contribution in [1.29, 1.82) is 0 Å². The quantitative estimate of drug-likeness (QED) is 0.634. The lowest BCUT2D eigenvalue weighted by Gasteiger charge is -2.15. The molecule has 3 rings (SSSR count). The van der Waals surface area contributed by atoms with Gasteiger partial charge in [0.1, 0.15) is 5.57 Å². The van der Waals surface area contributed by atoms with E-state index >= 15 is 0 Å². The number of aromatic hydroxyl groups is 1. The molecule has 0 unspecified atom stereocenters. The number of nitrogens with zero attached hydrogens (tertiary/aromatic N) is 1. The molecular weight excluding hydrogens is 367 g/mol. The SMILES string of the molecule is COc1ccc(/C=C2\C(=O)NN(c3ccc(Cl)c(Cl)c3)C2=O)cc1O. The summed E-state index contributed by atoms with van der Waals surface area (Å²) in [6.07, 6.45) is 1.38. The van der Waals surface area contributed by atoms with E-state index in [2.05, 4.69) is 5.43 Å². The van der Waals surface area contributed by atoms with Crippen molar-refractivity contribution < 1.29 is 19.4 Å². The fourth-order valence-corrected chi connectivity index (χ4v) is 2.62. The number of hydrogen-bond acceptors (Lipinski definition) is 4. The number of hydrogen-bond donors (Lipinski definition) is 2. The first-order chi connectivity index (χ1) is 11.9. The second-order valence-electron chi connectivity index (χ2n) is 5.17. The third-order valence-corrected chi connectivity index (χ3v) is 4.31. The second kappa shape index (κ2) is 6.66. The van der Waals surface area contributed by atoms with E-state index in [1.54, 1.807) is 12.1 Å². The zero-order valence-electron chi connectivity index (χ0n) is 12.9. The number of phenolic OH excluding ortho intramolecular Hbond substituents is 1. The van der Waals surface area contributed by atoms with Crippen LogP contribution in [-0.4, -0.2) is 24.0 Å². The molecule has 6 nitrogen and oxygen atoms in total. The molecule has 1 fully saturated rings. The fourth-order valence-electron chi connectivity index (χ4n) is 2.33. The molecule has 128 valence electrons. The number of amides is 2. The molecule has 1 aliphatic heterocycles. The Morgan fingerprint density at radius 2 is 1.88 bits per heavy atom. The van der Waals surface area contributed by atoms with E-state index in [0.29, 0.717) is 22.0 Å². The van der Waals surface area contributed by atoms with Crippen LogP contribution < -0.4 is 15.2 Å². The molecule has 0 bridgehead atoms. The van der Waals surface area contributed by atoms with Crippen LogP contribution in [0.5, 0.6) is 11.5 Å². The van der Waals surface area contributed by atoms with Gasteiger partial charge in [-0.3, -0.25) is 15.0 Å². The fraction of sp³-hybridized carbons (Fsp3) is 0.0588. The number of benzene rings is 2. The predicted molar refractivity (Wildman–Crippen MR) is 94.7 cm³/mol. The highest BCUT2D eigenvalue weighted by Gasteiger charge is 2.34. The minimum absolute atomic E-state index is 0.0735. The lowest BCUT2D eigenvalue weighted by molar-refractivity contribution is -0.117. The summed E-state index contributed by atoms with van der Waals surface area (Å²) in [6, 6.07) is 9.12. The number of hydrazine groups is 1. The highest BCUT2D eigenvalue weighted by molar-refractivity contribution is 6.42. The molecule has 1 aliphatic rings. The van der Waals surface area contributed by atoms with Gasteiger partial charge in [0, 0.05) is 0 Å². The lowest BCUT2D eigenvalue weighted by Crippen LogP contribution is -2.35. The maximum absolute atomic E-state index is 12.5. The number of methoxy groups -OCH3 is 1. The molecule has 2 amide bonds. The molecule has 0 aliphatic carbocycles. The van der Waals surface area contributed by atoms with Crippen LogP contribution in [0.3, 0.4) is 0 Å². The van der Waals surface area contributed by atoms with Gasteiger partial charge in [0.15, 0.2) is 11.5 Å². The first-order valence-corrected chi connectivity index (χ1v) is 7.85. The van der Waals surface area contributed by atoms with Crippen molar-refractivity contribution in [2.75, 3.05) is 12.1 Å². The summed E-state index contributed by atoms with van der Waals surface area (Å²) in [5.41, 5.74) is 3.25. The van der Waals surface area contributed by atoms with Gasteiger partial charge in [-0.15, -0.1) is 0 Å². The van der Waals surface area contributed by atoms with Crippen LogP contribution >= 0.6 is 23.2 Å². The van der Waals surface area contributed by atoms with Gasteiger partial charge in [0.2, 0.25) is 0 Å². The smallest absolute Gasteiger partial charge is 0.282 e. The second-order valence-corrected chi connectivity index (χ2v) is 5.98. The van der Waals surface area contributed by atoms with E-state index in [0.717, 1.165) is 5.01 Å². The summed E-state index contributed by atoms with van der Waals surface area (Å²) in [5, 5.41) is 11.5. The Labute approximate surface area is 153 Å². The van der Waals surface area contributed by atoms with Crippen LogP contribution in [0.4, 0.5) is 5.69 Å². The predicted octanol–water partition coefficient (Wildman–Crippen LogP) is 3.17. The average Bonchev–Trinajstić information content (AvgIpc) is 2.86.